The van der Waals surface area contributed by atoms with Gasteiger partial charge in [0, 0.05) is 19.6 Å². The first-order chi connectivity index (χ1) is 9.10. The molecule has 2 fully saturated rings. The molecular weight excluding hydrogens is 246 g/mol. The molecule has 0 bridgehead atoms. The fourth-order valence-corrected chi connectivity index (χ4v) is 3.22. The molecule has 1 amide bonds. The fraction of sp³-hybridized carbons (Fsp3) is 0.857. The molecule has 1 heterocycles. The van der Waals surface area contributed by atoms with E-state index in [4.69, 9.17) is 9.84 Å². The number of amides is 1. The fourth-order valence-electron chi connectivity index (χ4n) is 3.22. The summed E-state index contributed by atoms with van der Waals surface area (Å²) in [7, 11) is 0. The Bertz CT molecular complexity index is 330. The van der Waals surface area contributed by atoms with Crippen molar-refractivity contribution in [2.45, 2.75) is 56.9 Å². The molecule has 0 aromatic heterocycles. The Morgan fingerprint density at radius 2 is 2.00 bits per heavy atom. The summed E-state index contributed by atoms with van der Waals surface area (Å²) in [6, 6.07) is 0. The summed E-state index contributed by atoms with van der Waals surface area (Å²) < 4.78 is 5.26. The number of carboxylic acids is 1. The molecule has 5 nitrogen and oxygen atoms in total. The highest BCUT2D eigenvalue weighted by Gasteiger charge is 2.36. The van der Waals surface area contributed by atoms with Crippen molar-refractivity contribution in [2.75, 3.05) is 13.2 Å². The smallest absolute Gasteiger partial charge is 0.305 e. The van der Waals surface area contributed by atoms with Gasteiger partial charge in [-0.3, -0.25) is 9.59 Å². The SMILES string of the molecule is O=C(O)CC1(NC(=O)C[C@H]2CCOC2)CCCCC1. The molecule has 0 spiro atoms. The van der Waals surface area contributed by atoms with Crippen LogP contribution in [0.15, 0.2) is 0 Å². The minimum atomic E-state index is -0.827. The first kappa shape index (κ1) is 14.3. The van der Waals surface area contributed by atoms with Crippen LogP contribution >= 0.6 is 0 Å². The molecule has 2 rings (SSSR count). The van der Waals surface area contributed by atoms with E-state index in [0.29, 0.717) is 18.9 Å². The lowest BCUT2D eigenvalue weighted by Crippen LogP contribution is -2.51. The van der Waals surface area contributed by atoms with Gasteiger partial charge in [-0.05, 0) is 25.2 Å². The minimum absolute atomic E-state index is 0.0151. The predicted molar refractivity (Wildman–Crippen MR) is 69.8 cm³/mol. The quantitative estimate of drug-likeness (QED) is 0.796. The van der Waals surface area contributed by atoms with Crippen LogP contribution in [0.25, 0.3) is 0 Å². The summed E-state index contributed by atoms with van der Waals surface area (Å²) in [6.07, 6.45) is 6.13. The molecule has 1 aliphatic carbocycles. The number of aliphatic carboxylic acids is 1. The third-order valence-corrected chi connectivity index (χ3v) is 4.20. The molecule has 1 saturated heterocycles. The van der Waals surface area contributed by atoms with Gasteiger partial charge in [0.2, 0.25) is 5.91 Å². The highest BCUT2D eigenvalue weighted by molar-refractivity contribution is 5.78. The van der Waals surface area contributed by atoms with Crippen molar-refractivity contribution >= 4 is 11.9 Å². The third-order valence-electron chi connectivity index (χ3n) is 4.20. The van der Waals surface area contributed by atoms with Crippen LogP contribution in [0, 0.1) is 5.92 Å². The summed E-state index contributed by atoms with van der Waals surface area (Å²) in [6.45, 7) is 1.39. The number of carbonyl (C=O) groups is 2. The third kappa shape index (κ3) is 4.20. The molecule has 5 heteroatoms. The topological polar surface area (TPSA) is 75.6 Å². The highest BCUT2D eigenvalue weighted by Crippen LogP contribution is 2.31. The number of nitrogens with one attached hydrogen (secondary N) is 1. The van der Waals surface area contributed by atoms with E-state index in [2.05, 4.69) is 5.32 Å². The summed E-state index contributed by atoms with van der Waals surface area (Å²) in [5.74, 6) is -0.546. The van der Waals surface area contributed by atoms with Crippen molar-refractivity contribution in [3.8, 4) is 0 Å². The number of hydrogen-bond acceptors (Lipinski definition) is 3. The Morgan fingerprint density at radius 1 is 1.26 bits per heavy atom. The first-order valence-electron chi connectivity index (χ1n) is 7.20. The Balaban J connectivity index is 1.90. The van der Waals surface area contributed by atoms with Crippen LogP contribution in [0.1, 0.15) is 51.4 Å². The van der Waals surface area contributed by atoms with E-state index in [-0.39, 0.29) is 12.3 Å². The van der Waals surface area contributed by atoms with E-state index in [1.165, 1.54) is 0 Å². The Kier molecular flexibility index (Phi) is 4.80. The molecule has 0 aromatic carbocycles. The van der Waals surface area contributed by atoms with Crippen molar-refractivity contribution in [1.82, 2.24) is 5.32 Å². The van der Waals surface area contributed by atoms with Gasteiger partial charge in [-0.1, -0.05) is 19.3 Å². The number of ether oxygens (including phenoxy) is 1. The van der Waals surface area contributed by atoms with Gasteiger partial charge in [-0.15, -0.1) is 0 Å². The van der Waals surface area contributed by atoms with Gasteiger partial charge in [0.05, 0.1) is 12.0 Å². The van der Waals surface area contributed by atoms with Gasteiger partial charge >= 0.3 is 5.97 Å². The lowest BCUT2D eigenvalue weighted by atomic mass is 9.79. The van der Waals surface area contributed by atoms with Crippen LogP contribution in [0.5, 0.6) is 0 Å². The molecule has 1 atom stereocenters. The molecule has 2 aliphatic rings. The number of hydrogen-bond donors (Lipinski definition) is 2. The van der Waals surface area contributed by atoms with Crippen LogP contribution in [0.3, 0.4) is 0 Å². The average molecular weight is 269 g/mol. The van der Waals surface area contributed by atoms with Crippen molar-refractivity contribution in [1.29, 1.82) is 0 Å². The van der Waals surface area contributed by atoms with E-state index in [1.54, 1.807) is 0 Å². The maximum absolute atomic E-state index is 12.1. The van der Waals surface area contributed by atoms with Crippen LogP contribution in [-0.4, -0.2) is 35.7 Å². The zero-order chi connectivity index (χ0) is 13.7. The van der Waals surface area contributed by atoms with Crippen LogP contribution < -0.4 is 5.32 Å². The lowest BCUT2D eigenvalue weighted by molar-refractivity contribution is -0.139. The predicted octanol–water partition coefficient (Wildman–Crippen LogP) is 1.71. The van der Waals surface area contributed by atoms with Crippen molar-refractivity contribution < 1.29 is 19.4 Å². The summed E-state index contributed by atoms with van der Waals surface area (Å²) in [5.41, 5.74) is -0.513. The number of carboxylic acid groups (broad SMARTS) is 1. The van der Waals surface area contributed by atoms with E-state index < -0.39 is 11.5 Å². The van der Waals surface area contributed by atoms with Crippen molar-refractivity contribution in [2.24, 2.45) is 5.92 Å². The molecule has 0 aromatic rings. The van der Waals surface area contributed by atoms with Gasteiger partial charge in [-0.25, -0.2) is 0 Å². The second-order valence-corrected chi connectivity index (χ2v) is 5.89. The summed E-state index contributed by atoms with van der Waals surface area (Å²) in [4.78, 5) is 23.1. The van der Waals surface area contributed by atoms with Gasteiger partial charge in [0.15, 0.2) is 0 Å². The second-order valence-electron chi connectivity index (χ2n) is 5.89. The van der Waals surface area contributed by atoms with Gasteiger partial charge in [-0.2, -0.15) is 0 Å². The first-order valence-corrected chi connectivity index (χ1v) is 7.20. The Labute approximate surface area is 113 Å². The number of rotatable bonds is 5. The van der Waals surface area contributed by atoms with Crippen molar-refractivity contribution in [3.05, 3.63) is 0 Å². The molecular formula is C14H23NO4. The Hall–Kier alpha value is -1.10. The molecule has 2 N–H and O–H groups in total. The van der Waals surface area contributed by atoms with E-state index in [9.17, 15) is 9.59 Å². The van der Waals surface area contributed by atoms with E-state index in [1.807, 2.05) is 0 Å². The van der Waals surface area contributed by atoms with Crippen LogP contribution in [-0.2, 0) is 14.3 Å². The summed E-state index contributed by atoms with van der Waals surface area (Å²) >= 11 is 0. The number of carbonyl (C=O) groups excluding carboxylic acids is 1. The van der Waals surface area contributed by atoms with Crippen molar-refractivity contribution in [3.63, 3.8) is 0 Å². The lowest BCUT2D eigenvalue weighted by Gasteiger charge is -2.37. The Morgan fingerprint density at radius 3 is 2.58 bits per heavy atom. The average Bonchev–Trinajstić information content (AvgIpc) is 2.81. The van der Waals surface area contributed by atoms with E-state index >= 15 is 0 Å². The molecule has 1 saturated carbocycles. The highest BCUT2D eigenvalue weighted by atomic mass is 16.5. The maximum Gasteiger partial charge on any atom is 0.305 e. The minimum Gasteiger partial charge on any atom is -0.481 e. The molecule has 1 aliphatic heterocycles. The largest absolute Gasteiger partial charge is 0.481 e. The van der Waals surface area contributed by atoms with Crippen LogP contribution in [0.2, 0.25) is 0 Å². The zero-order valence-electron chi connectivity index (χ0n) is 11.3. The second kappa shape index (κ2) is 6.37. The van der Waals surface area contributed by atoms with Gasteiger partial charge in [0.25, 0.3) is 0 Å². The summed E-state index contributed by atoms with van der Waals surface area (Å²) in [5, 5.41) is 12.1. The zero-order valence-corrected chi connectivity index (χ0v) is 11.3. The van der Waals surface area contributed by atoms with Gasteiger partial charge in [0.1, 0.15) is 0 Å². The monoisotopic (exact) mass is 269 g/mol. The maximum atomic E-state index is 12.1. The standard InChI is InChI=1S/C14H23NO4/c16-12(8-11-4-7-19-10-11)15-14(9-13(17)18)5-2-1-3-6-14/h11H,1-10H2,(H,15,16)(H,17,18)/t11-/m1/s1. The molecule has 108 valence electrons. The molecule has 0 radical (unpaired) electrons. The molecule has 0 unspecified atom stereocenters. The molecule has 19 heavy (non-hydrogen) atoms. The normalized spacial score (nSPS) is 26.0. The van der Waals surface area contributed by atoms with Crippen LogP contribution in [0.4, 0.5) is 0 Å². The van der Waals surface area contributed by atoms with Gasteiger partial charge < -0.3 is 15.2 Å². The van der Waals surface area contributed by atoms with E-state index in [0.717, 1.165) is 45.1 Å².